The minimum absolute atomic E-state index is 0.109. The Balaban J connectivity index is 1.72. The Labute approximate surface area is 177 Å². The van der Waals surface area contributed by atoms with Crippen molar-refractivity contribution >= 4 is 39.5 Å². The third kappa shape index (κ3) is 3.59. The Hall–Kier alpha value is -3.12. The highest BCUT2D eigenvalue weighted by molar-refractivity contribution is 7.98. The van der Waals surface area contributed by atoms with Gasteiger partial charge in [-0.05, 0) is 62.1 Å². The van der Waals surface area contributed by atoms with Crippen LogP contribution in [-0.4, -0.2) is 17.1 Å². The minimum atomic E-state index is -0.727. The number of fused-ring (bicyclic) bond motifs is 2. The third-order valence-electron chi connectivity index (χ3n) is 5.28. The lowest BCUT2D eigenvalue weighted by atomic mass is 9.93. The number of pyridine rings is 1. The number of para-hydroxylation sites is 1. The van der Waals surface area contributed by atoms with E-state index >= 15 is 0 Å². The van der Waals surface area contributed by atoms with Gasteiger partial charge in [0, 0.05) is 21.2 Å². The van der Waals surface area contributed by atoms with Crippen LogP contribution in [0.25, 0.3) is 21.8 Å². The smallest absolute Gasteiger partial charge is 0.255 e. The Morgan fingerprint density at radius 1 is 1.00 bits per heavy atom. The van der Waals surface area contributed by atoms with Gasteiger partial charge in [-0.3, -0.25) is 9.59 Å². The molecule has 0 bridgehead atoms. The number of aromatic amines is 1. The number of nitrogens with one attached hydrogen (secondary N) is 2. The van der Waals surface area contributed by atoms with Gasteiger partial charge >= 0.3 is 0 Å². The van der Waals surface area contributed by atoms with Crippen LogP contribution in [0, 0.1) is 5.82 Å². The molecule has 1 heterocycles. The molecular formula is C24H21FN2O2S. The van der Waals surface area contributed by atoms with E-state index in [1.807, 2.05) is 50.4 Å². The maximum absolute atomic E-state index is 14.8. The van der Waals surface area contributed by atoms with Gasteiger partial charge in [0.05, 0.1) is 16.6 Å². The first kappa shape index (κ1) is 20.2. The highest BCUT2D eigenvalue weighted by atomic mass is 32.2. The van der Waals surface area contributed by atoms with Crippen LogP contribution >= 0.6 is 11.8 Å². The number of carbonyl (C=O) groups excluding carboxylic acids is 1. The van der Waals surface area contributed by atoms with Gasteiger partial charge in [0.1, 0.15) is 5.82 Å². The number of rotatable bonds is 4. The fourth-order valence-corrected chi connectivity index (χ4v) is 3.96. The van der Waals surface area contributed by atoms with Crippen LogP contribution in [0.15, 0.2) is 70.4 Å². The number of benzene rings is 3. The van der Waals surface area contributed by atoms with E-state index in [0.29, 0.717) is 16.4 Å². The molecule has 0 fully saturated rings. The summed E-state index contributed by atoms with van der Waals surface area (Å²) < 4.78 is 14.8. The molecule has 0 aliphatic heterocycles. The van der Waals surface area contributed by atoms with Gasteiger partial charge in [-0.25, -0.2) is 4.39 Å². The number of halogens is 1. The second-order valence-electron chi connectivity index (χ2n) is 7.68. The van der Waals surface area contributed by atoms with E-state index < -0.39 is 17.3 Å². The van der Waals surface area contributed by atoms with E-state index in [-0.39, 0.29) is 16.4 Å². The maximum Gasteiger partial charge on any atom is 0.255 e. The Kier molecular flexibility index (Phi) is 5.12. The van der Waals surface area contributed by atoms with Gasteiger partial charge in [0.15, 0.2) is 5.43 Å². The van der Waals surface area contributed by atoms with Crippen molar-refractivity contribution in [1.29, 1.82) is 0 Å². The molecule has 4 rings (SSSR count). The largest absolute Gasteiger partial charge is 0.354 e. The summed E-state index contributed by atoms with van der Waals surface area (Å²) in [4.78, 5) is 29.9. The lowest BCUT2D eigenvalue weighted by molar-refractivity contribution is 0.0908. The zero-order chi connectivity index (χ0) is 21.5. The molecule has 0 spiro atoms. The molecule has 4 nitrogen and oxygen atoms in total. The van der Waals surface area contributed by atoms with Crippen LogP contribution < -0.4 is 10.7 Å². The van der Waals surface area contributed by atoms with Crippen molar-refractivity contribution in [3.63, 3.8) is 0 Å². The summed E-state index contributed by atoms with van der Waals surface area (Å²) in [7, 11) is 0. The molecular weight excluding hydrogens is 399 g/mol. The van der Waals surface area contributed by atoms with Gasteiger partial charge in [0.25, 0.3) is 5.91 Å². The Morgan fingerprint density at radius 2 is 1.70 bits per heavy atom. The molecule has 1 amide bonds. The van der Waals surface area contributed by atoms with E-state index in [1.165, 1.54) is 6.07 Å². The van der Waals surface area contributed by atoms with E-state index in [1.54, 1.807) is 30.0 Å². The lowest BCUT2D eigenvalue weighted by Crippen LogP contribution is -2.41. The van der Waals surface area contributed by atoms with E-state index in [4.69, 9.17) is 0 Å². The predicted molar refractivity (Wildman–Crippen MR) is 121 cm³/mol. The van der Waals surface area contributed by atoms with Crippen molar-refractivity contribution in [3.05, 3.63) is 87.8 Å². The van der Waals surface area contributed by atoms with Crippen LogP contribution in [-0.2, 0) is 5.54 Å². The van der Waals surface area contributed by atoms with Gasteiger partial charge in [-0.1, -0.05) is 24.3 Å². The highest BCUT2D eigenvalue weighted by Gasteiger charge is 2.25. The molecule has 0 unspecified atom stereocenters. The van der Waals surface area contributed by atoms with Crippen LogP contribution in [0.5, 0.6) is 0 Å². The molecule has 152 valence electrons. The summed E-state index contributed by atoms with van der Waals surface area (Å²) in [5, 5.41) is 3.61. The van der Waals surface area contributed by atoms with Gasteiger partial charge in [-0.2, -0.15) is 0 Å². The zero-order valence-electron chi connectivity index (χ0n) is 16.9. The highest BCUT2D eigenvalue weighted by Crippen LogP contribution is 2.25. The molecule has 6 heteroatoms. The Morgan fingerprint density at radius 3 is 2.40 bits per heavy atom. The van der Waals surface area contributed by atoms with Crippen LogP contribution in [0.4, 0.5) is 4.39 Å². The topological polar surface area (TPSA) is 62.0 Å². The molecule has 0 saturated carbocycles. The molecule has 2 N–H and O–H groups in total. The number of hydrogen-bond acceptors (Lipinski definition) is 3. The van der Waals surface area contributed by atoms with E-state index in [2.05, 4.69) is 10.3 Å². The first-order chi connectivity index (χ1) is 14.3. The van der Waals surface area contributed by atoms with Gasteiger partial charge in [-0.15, -0.1) is 11.8 Å². The minimum Gasteiger partial charge on any atom is -0.354 e. The van der Waals surface area contributed by atoms with Crippen LogP contribution in [0.1, 0.15) is 29.8 Å². The monoisotopic (exact) mass is 420 g/mol. The van der Waals surface area contributed by atoms with Crippen LogP contribution in [0.2, 0.25) is 0 Å². The van der Waals surface area contributed by atoms with Crippen molar-refractivity contribution in [1.82, 2.24) is 10.3 Å². The number of amides is 1. The summed E-state index contributed by atoms with van der Waals surface area (Å²) >= 11 is 1.64. The van der Waals surface area contributed by atoms with E-state index in [0.717, 1.165) is 16.5 Å². The average molecular weight is 421 g/mol. The summed E-state index contributed by atoms with van der Waals surface area (Å²) in [6.45, 7) is 3.74. The molecule has 4 aromatic rings. The van der Waals surface area contributed by atoms with Crippen LogP contribution in [0.3, 0.4) is 0 Å². The second kappa shape index (κ2) is 7.61. The van der Waals surface area contributed by atoms with Crippen molar-refractivity contribution in [2.24, 2.45) is 0 Å². The summed E-state index contributed by atoms with van der Waals surface area (Å²) in [6, 6.07) is 17.5. The zero-order valence-corrected chi connectivity index (χ0v) is 17.7. The van der Waals surface area contributed by atoms with E-state index in [9.17, 15) is 14.0 Å². The summed E-state index contributed by atoms with van der Waals surface area (Å²) in [5.74, 6) is -1.27. The molecule has 0 saturated heterocycles. The molecule has 0 atom stereocenters. The first-order valence-electron chi connectivity index (χ1n) is 9.51. The number of hydrogen-bond donors (Lipinski definition) is 2. The van der Waals surface area contributed by atoms with Crippen molar-refractivity contribution in [2.45, 2.75) is 24.3 Å². The normalized spacial score (nSPS) is 11.7. The Bertz CT molecular complexity index is 1330. The van der Waals surface area contributed by atoms with Crippen molar-refractivity contribution in [2.75, 3.05) is 6.26 Å². The number of carbonyl (C=O) groups is 1. The third-order valence-corrected chi connectivity index (χ3v) is 6.02. The molecule has 1 aromatic heterocycles. The van der Waals surface area contributed by atoms with Crippen molar-refractivity contribution in [3.8, 4) is 0 Å². The van der Waals surface area contributed by atoms with Crippen molar-refractivity contribution < 1.29 is 9.18 Å². The maximum atomic E-state index is 14.8. The average Bonchev–Trinajstić information content (AvgIpc) is 2.74. The van der Waals surface area contributed by atoms with Gasteiger partial charge in [0.2, 0.25) is 0 Å². The molecule has 0 aliphatic rings. The molecule has 30 heavy (non-hydrogen) atoms. The fraction of sp³-hybridized carbons (Fsp3) is 0.167. The predicted octanol–water partition coefficient (Wildman–Crippen LogP) is 5.21. The van der Waals surface area contributed by atoms with Gasteiger partial charge < -0.3 is 10.3 Å². The number of aromatic nitrogens is 1. The second-order valence-corrected chi connectivity index (χ2v) is 8.56. The molecule has 0 aliphatic carbocycles. The SMILES string of the molecule is CSc1ccc(C(C)(C)NC(=O)c2cc3[nH]c4ccccc4c(=O)c3cc2F)cc1. The lowest BCUT2D eigenvalue weighted by Gasteiger charge is -2.27. The quantitative estimate of drug-likeness (QED) is 0.352. The fourth-order valence-electron chi connectivity index (χ4n) is 3.55. The molecule has 0 radical (unpaired) electrons. The number of thioether (sulfide) groups is 1. The number of H-pyrrole nitrogens is 1. The summed E-state index contributed by atoms with van der Waals surface area (Å²) in [6.07, 6.45) is 2.00. The first-order valence-corrected chi connectivity index (χ1v) is 10.7. The standard InChI is InChI=1S/C24H21FN2O2S/c1-24(2,14-8-10-15(30-3)11-9-14)27-23(29)17-13-21-18(12-19(17)25)22(28)16-6-4-5-7-20(16)26-21/h4-13H,1-3H3,(H,26,28)(H,27,29). The molecule has 3 aromatic carbocycles. The summed E-state index contributed by atoms with van der Waals surface area (Å²) in [5.41, 5.74) is 0.900.